The first-order chi connectivity index (χ1) is 11.6. The van der Waals surface area contributed by atoms with Gasteiger partial charge in [-0.05, 0) is 17.5 Å². The van der Waals surface area contributed by atoms with Crippen molar-refractivity contribution in [2.24, 2.45) is 0 Å². The number of benzene rings is 2. The summed E-state index contributed by atoms with van der Waals surface area (Å²) in [7, 11) is 0. The van der Waals surface area contributed by atoms with E-state index in [-0.39, 0.29) is 23.2 Å². The molecule has 122 valence electrons. The van der Waals surface area contributed by atoms with Gasteiger partial charge in [-0.2, -0.15) is 5.10 Å². The lowest BCUT2D eigenvalue weighted by atomic mass is 10.0. The van der Waals surface area contributed by atoms with Crippen molar-refractivity contribution in [3.63, 3.8) is 0 Å². The molecule has 1 aromatic heterocycles. The Kier molecular flexibility index (Phi) is 4.24. The van der Waals surface area contributed by atoms with Crippen LogP contribution in [0.1, 0.15) is 28.9 Å². The number of aromatic amines is 1. The number of carbonyl (C=O) groups excluding carboxylic acids is 1. The molecule has 0 saturated heterocycles. The number of amides is 1. The normalized spacial score (nSPS) is 12.0. The molecule has 7 nitrogen and oxygen atoms in total. The van der Waals surface area contributed by atoms with Gasteiger partial charge in [0.05, 0.1) is 10.4 Å². The van der Waals surface area contributed by atoms with E-state index in [1.165, 1.54) is 12.1 Å². The number of rotatable bonds is 5. The second kappa shape index (κ2) is 6.49. The van der Waals surface area contributed by atoms with Crippen molar-refractivity contribution < 1.29 is 9.72 Å². The summed E-state index contributed by atoms with van der Waals surface area (Å²) in [5, 5.41) is 20.9. The largest absolute Gasteiger partial charge is 0.350 e. The third kappa shape index (κ3) is 3.10. The summed E-state index contributed by atoms with van der Waals surface area (Å²) in [6.45, 7) is 2.47. The van der Waals surface area contributed by atoms with E-state index >= 15 is 0 Å². The van der Waals surface area contributed by atoms with E-state index in [9.17, 15) is 14.9 Å². The van der Waals surface area contributed by atoms with Gasteiger partial charge in [0, 0.05) is 24.1 Å². The minimum atomic E-state index is -0.494. The highest BCUT2D eigenvalue weighted by Crippen LogP contribution is 2.22. The van der Waals surface area contributed by atoms with E-state index in [1.54, 1.807) is 6.07 Å². The van der Waals surface area contributed by atoms with Crippen LogP contribution in [0.2, 0.25) is 0 Å². The summed E-state index contributed by atoms with van der Waals surface area (Å²) in [4.78, 5) is 22.8. The standard InChI is InChI=1S/C17H16N4O3/c1-11(12-5-3-2-4-6-12)10-18-17(22)16-14-9-13(21(23)24)7-8-15(14)19-20-16/h2-9,11H,10H2,1H3,(H,18,22)(H,19,20)/t11-/m0/s1. The maximum atomic E-state index is 12.4. The minimum absolute atomic E-state index is 0.0735. The molecule has 0 fully saturated rings. The third-order valence-electron chi connectivity index (χ3n) is 3.91. The maximum absolute atomic E-state index is 12.4. The number of aromatic nitrogens is 2. The van der Waals surface area contributed by atoms with Gasteiger partial charge in [0.25, 0.3) is 11.6 Å². The second-order valence-electron chi connectivity index (χ2n) is 5.58. The van der Waals surface area contributed by atoms with E-state index in [0.717, 1.165) is 5.56 Å². The monoisotopic (exact) mass is 324 g/mol. The number of hydrogen-bond donors (Lipinski definition) is 2. The average Bonchev–Trinajstić information content (AvgIpc) is 3.03. The van der Waals surface area contributed by atoms with E-state index in [1.807, 2.05) is 37.3 Å². The number of nitrogens with zero attached hydrogens (tertiary/aromatic N) is 2. The summed E-state index contributed by atoms with van der Waals surface area (Å²) >= 11 is 0. The predicted molar refractivity (Wildman–Crippen MR) is 89.9 cm³/mol. The molecule has 0 spiro atoms. The van der Waals surface area contributed by atoms with Gasteiger partial charge in [-0.3, -0.25) is 20.0 Å². The Morgan fingerprint density at radius 1 is 1.29 bits per heavy atom. The zero-order chi connectivity index (χ0) is 17.1. The summed E-state index contributed by atoms with van der Waals surface area (Å²) in [5.41, 5.74) is 1.80. The fraction of sp³-hybridized carbons (Fsp3) is 0.176. The van der Waals surface area contributed by atoms with Crippen molar-refractivity contribution in [2.75, 3.05) is 6.54 Å². The number of H-pyrrole nitrogens is 1. The van der Waals surface area contributed by atoms with E-state index in [2.05, 4.69) is 15.5 Å². The third-order valence-corrected chi connectivity index (χ3v) is 3.91. The fourth-order valence-corrected chi connectivity index (χ4v) is 2.52. The number of non-ortho nitro benzene ring substituents is 1. The van der Waals surface area contributed by atoms with Gasteiger partial charge in [-0.1, -0.05) is 37.3 Å². The molecule has 1 atom stereocenters. The highest BCUT2D eigenvalue weighted by atomic mass is 16.6. The summed E-state index contributed by atoms with van der Waals surface area (Å²) in [5.74, 6) is -0.209. The van der Waals surface area contributed by atoms with E-state index in [0.29, 0.717) is 17.4 Å². The Morgan fingerprint density at radius 2 is 2.04 bits per heavy atom. The molecule has 0 aliphatic carbocycles. The van der Waals surface area contributed by atoms with Gasteiger partial charge >= 0.3 is 0 Å². The molecule has 1 heterocycles. The fourth-order valence-electron chi connectivity index (χ4n) is 2.52. The maximum Gasteiger partial charge on any atom is 0.272 e. The molecule has 0 bridgehead atoms. The molecular formula is C17H16N4O3. The lowest BCUT2D eigenvalue weighted by molar-refractivity contribution is -0.384. The Morgan fingerprint density at radius 3 is 2.75 bits per heavy atom. The van der Waals surface area contributed by atoms with Crippen LogP contribution in [0.15, 0.2) is 48.5 Å². The molecule has 3 aromatic rings. The molecule has 0 unspecified atom stereocenters. The van der Waals surface area contributed by atoms with E-state index in [4.69, 9.17) is 0 Å². The first-order valence-corrected chi connectivity index (χ1v) is 7.52. The van der Waals surface area contributed by atoms with Crippen LogP contribution in [-0.4, -0.2) is 27.6 Å². The molecule has 1 amide bonds. The van der Waals surface area contributed by atoms with Crippen molar-refractivity contribution in [2.45, 2.75) is 12.8 Å². The number of carbonyl (C=O) groups is 1. The summed E-state index contributed by atoms with van der Waals surface area (Å²) in [6.07, 6.45) is 0. The molecule has 2 aromatic carbocycles. The average molecular weight is 324 g/mol. The van der Waals surface area contributed by atoms with Gasteiger partial charge in [0.15, 0.2) is 5.69 Å². The molecule has 3 rings (SSSR count). The van der Waals surface area contributed by atoms with Crippen LogP contribution >= 0.6 is 0 Å². The quantitative estimate of drug-likeness (QED) is 0.556. The molecule has 0 saturated carbocycles. The number of nitro groups is 1. The SMILES string of the molecule is C[C@@H](CNC(=O)c1n[nH]c2ccc([N+](=O)[O-])cc12)c1ccccc1. The topological polar surface area (TPSA) is 101 Å². The smallest absolute Gasteiger partial charge is 0.272 e. The Labute approximate surface area is 137 Å². The van der Waals surface area contributed by atoms with Crippen LogP contribution in [0.5, 0.6) is 0 Å². The Hall–Kier alpha value is -3.22. The number of fused-ring (bicyclic) bond motifs is 1. The molecule has 7 heteroatoms. The number of hydrogen-bond acceptors (Lipinski definition) is 4. The zero-order valence-corrected chi connectivity index (χ0v) is 13.0. The van der Waals surface area contributed by atoms with Crippen LogP contribution in [-0.2, 0) is 0 Å². The second-order valence-corrected chi connectivity index (χ2v) is 5.58. The molecule has 0 aliphatic heterocycles. The Bertz CT molecular complexity index is 889. The van der Waals surface area contributed by atoms with Gasteiger partial charge < -0.3 is 5.32 Å². The van der Waals surface area contributed by atoms with Crippen molar-refractivity contribution in [1.82, 2.24) is 15.5 Å². The van der Waals surface area contributed by atoms with Crippen LogP contribution in [0.4, 0.5) is 5.69 Å². The lowest BCUT2D eigenvalue weighted by Crippen LogP contribution is -2.28. The number of nitrogens with one attached hydrogen (secondary N) is 2. The van der Waals surface area contributed by atoms with Crippen LogP contribution in [0, 0.1) is 10.1 Å². The first kappa shape index (κ1) is 15.7. The molecule has 24 heavy (non-hydrogen) atoms. The van der Waals surface area contributed by atoms with Gasteiger partial charge in [-0.15, -0.1) is 0 Å². The first-order valence-electron chi connectivity index (χ1n) is 7.52. The highest BCUT2D eigenvalue weighted by Gasteiger charge is 2.17. The number of nitro benzene ring substituents is 1. The van der Waals surface area contributed by atoms with Gasteiger partial charge in [0.1, 0.15) is 0 Å². The van der Waals surface area contributed by atoms with Gasteiger partial charge in [0.2, 0.25) is 0 Å². The summed E-state index contributed by atoms with van der Waals surface area (Å²) < 4.78 is 0. The van der Waals surface area contributed by atoms with Crippen LogP contribution < -0.4 is 5.32 Å². The molecule has 2 N–H and O–H groups in total. The van der Waals surface area contributed by atoms with Crippen molar-refractivity contribution >= 4 is 22.5 Å². The van der Waals surface area contributed by atoms with Crippen molar-refractivity contribution in [1.29, 1.82) is 0 Å². The van der Waals surface area contributed by atoms with Crippen LogP contribution in [0.25, 0.3) is 10.9 Å². The predicted octanol–water partition coefficient (Wildman–Crippen LogP) is 3.00. The van der Waals surface area contributed by atoms with Crippen LogP contribution in [0.3, 0.4) is 0 Å². The zero-order valence-electron chi connectivity index (χ0n) is 13.0. The van der Waals surface area contributed by atoms with Crippen molar-refractivity contribution in [3.05, 3.63) is 69.9 Å². The molecule has 0 radical (unpaired) electrons. The minimum Gasteiger partial charge on any atom is -0.350 e. The Balaban J connectivity index is 1.76. The van der Waals surface area contributed by atoms with E-state index < -0.39 is 4.92 Å². The lowest BCUT2D eigenvalue weighted by Gasteiger charge is -2.12. The van der Waals surface area contributed by atoms with Crippen molar-refractivity contribution in [3.8, 4) is 0 Å². The summed E-state index contributed by atoms with van der Waals surface area (Å²) in [6, 6.07) is 14.1. The highest BCUT2D eigenvalue weighted by molar-refractivity contribution is 6.05. The van der Waals surface area contributed by atoms with Gasteiger partial charge in [-0.25, -0.2) is 0 Å². The molecule has 0 aliphatic rings. The molecular weight excluding hydrogens is 308 g/mol.